The van der Waals surface area contributed by atoms with Gasteiger partial charge in [-0.15, -0.1) is 0 Å². The lowest BCUT2D eigenvalue weighted by atomic mass is 10.1. The topological polar surface area (TPSA) is 52.0 Å². The number of carbonyl (C=O) groups is 1. The van der Waals surface area contributed by atoms with Gasteiger partial charge >= 0.3 is 0 Å². The Hall–Kier alpha value is -2.37. The number of fused-ring (bicyclic) bond motifs is 1. The summed E-state index contributed by atoms with van der Waals surface area (Å²) >= 11 is 0. The lowest BCUT2D eigenvalue weighted by Crippen LogP contribution is -3.12. The van der Waals surface area contributed by atoms with Crippen LogP contribution >= 0.6 is 0 Å². The third-order valence-corrected chi connectivity index (χ3v) is 5.33. The van der Waals surface area contributed by atoms with E-state index in [0.717, 1.165) is 57.1 Å². The highest BCUT2D eigenvalue weighted by Gasteiger charge is 2.14. The zero-order valence-electron chi connectivity index (χ0n) is 15.6. The summed E-state index contributed by atoms with van der Waals surface area (Å²) in [5.74, 6) is 0.636. The Kier molecular flexibility index (Phi) is 5.70. The third kappa shape index (κ3) is 4.87. The van der Waals surface area contributed by atoms with E-state index in [0.29, 0.717) is 0 Å². The first kappa shape index (κ1) is 18.0. The minimum absolute atomic E-state index is 0.0263. The van der Waals surface area contributed by atoms with Crippen LogP contribution in [0.2, 0.25) is 0 Å². The van der Waals surface area contributed by atoms with Crippen molar-refractivity contribution in [3.63, 3.8) is 0 Å². The average molecular weight is 367 g/mol. The summed E-state index contributed by atoms with van der Waals surface area (Å²) in [4.78, 5) is 13.7. The monoisotopic (exact) mass is 367 g/mol. The summed E-state index contributed by atoms with van der Waals surface area (Å²) in [5, 5.41) is 2.90. The lowest BCUT2D eigenvalue weighted by Gasteiger charge is -2.23. The number of carbonyl (C=O) groups excluding carboxylic acids is 1. The van der Waals surface area contributed by atoms with E-state index in [-0.39, 0.29) is 12.5 Å². The van der Waals surface area contributed by atoms with Crippen LogP contribution in [-0.4, -0.2) is 38.8 Å². The summed E-state index contributed by atoms with van der Waals surface area (Å²) in [5.41, 5.74) is 4.84. The van der Waals surface area contributed by atoms with Gasteiger partial charge in [0.25, 0.3) is 5.91 Å². The van der Waals surface area contributed by atoms with E-state index in [1.807, 2.05) is 18.2 Å². The summed E-state index contributed by atoms with van der Waals surface area (Å²) in [6.45, 7) is 4.82. The van der Waals surface area contributed by atoms with Gasteiger partial charge in [-0.05, 0) is 54.7 Å². The van der Waals surface area contributed by atoms with Crippen LogP contribution in [0.5, 0.6) is 5.75 Å². The van der Waals surface area contributed by atoms with E-state index < -0.39 is 0 Å². The first-order valence-electron chi connectivity index (χ1n) is 9.81. The molecule has 0 aromatic heterocycles. The molecule has 4 rings (SSSR count). The number of quaternary nitrogens is 1. The van der Waals surface area contributed by atoms with E-state index in [2.05, 4.69) is 29.6 Å². The molecule has 1 aliphatic heterocycles. The van der Waals surface area contributed by atoms with Gasteiger partial charge in [0.2, 0.25) is 0 Å². The summed E-state index contributed by atoms with van der Waals surface area (Å²) in [7, 11) is 0. The summed E-state index contributed by atoms with van der Waals surface area (Å²) < 4.78 is 11.1. The molecule has 5 nitrogen and oxygen atoms in total. The van der Waals surface area contributed by atoms with Crippen molar-refractivity contribution < 1.29 is 19.2 Å². The molecular weight excluding hydrogens is 340 g/mol. The highest BCUT2D eigenvalue weighted by atomic mass is 16.5. The first-order valence-corrected chi connectivity index (χ1v) is 9.81. The number of aryl methyl sites for hydroxylation is 2. The Bertz CT molecular complexity index is 783. The van der Waals surface area contributed by atoms with Crippen molar-refractivity contribution in [1.82, 2.24) is 0 Å². The van der Waals surface area contributed by atoms with Gasteiger partial charge in [0, 0.05) is 11.3 Å². The van der Waals surface area contributed by atoms with E-state index in [1.165, 1.54) is 23.1 Å². The van der Waals surface area contributed by atoms with Crippen molar-refractivity contribution in [3.8, 4) is 5.75 Å². The maximum atomic E-state index is 12.2. The van der Waals surface area contributed by atoms with Gasteiger partial charge in [-0.3, -0.25) is 4.79 Å². The second-order valence-corrected chi connectivity index (χ2v) is 7.36. The molecular formula is C22H27N2O3+. The number of amides is 1. The maximum absolute atomic E-state index is 12.2. The minimum Gasteiger partial charge on any atom is -0.484 e. The fraction of sp³-hybridized carbons (Fsp3) is 0.409. The van der Waals surface area contributed by atoms with Gasteiger partial charge in [-0.2, -0.15) is 0 Å². The molecule has 0 spiro atoms. The van der Waals surface area contributed by atoms with Gasteiger partial charge in [0.1, 0.15) is 25.4 Å². The second kappa shape index (κ2) is 8.55. The van der Waals surface area contributed by atoms with Crippen LogP contribution in [0.15, 0.2) is 42.5 Å². The maximum Gasteiger partial charge on any atom is 0.262 e. The van der Waals surface area contributed by atoms with Crippen LogP contribution in [0.1, 0.15) is 23.1 Å². The zero-order valence-corrected chi connectivity index (χ0v) is 15.6. The van der Waals surface area contributed by atoms with Crippen LogP contribution in [0.3, 0.4) is 0 Å². The molecule has 5 heteroatoms. The Morgan fingerprint density at radius 3 is 2.63 bits per heavy atom. The average Bonchev–Trinajstić information content (AvgIpc) is 3.17. The zero-order chi connectivity index (χ0) is 18.5. The number of anilines is 1. The quantitative estimate of drug-likeness (QED) is 0.816. The SMILES string of the molecule is O=C(COc1ccc2c(c1)CCC2)Nc1ccc(C[NH+]2CCOCC2)cc1. The normalized spacial score (nSPS) is 16.7. The summed E-state index contributed by atoms with van der Waals surface area (Å²) in [6.07, 6.45) is 3.47. The molecule has 1 fully saturated rings. The molecule has 0 unspecified atom stereocenters. The lowest BCUT2D eigenvalue weighted by molar-refractivity contribution is -0.921. The Morgan fingerprint density at radius 1 is 1.04 bits per heavy atom. The summed E-state index contributed by atoms with van der Waals surface area (Å²) in [6, 6.07) is 14.2. The van der Waals surface area contributed by atoms with Crippen LogP contribution < -0.4 is 15.0 Å². The Morgan fingerprint density at radius 2 is 1.81 bits per heavy atom. The molecule has 1 heterocycles. The van der Waals surface area contributed by atoms with Crippen molar-refractivity contribution >= 4 is 11.6 Å². The van der Waals surface area contributed by atoms with Gasteiger partial charge < -0.3 is 19.7 Å². The number of benzene rings is 2. The van der Waals surface area contributed by atoms with Gasteiger partial charge in [-0.1, -0.05) is 18.2 Å². The van der Waals surface area contributed by atoms with Gasteiger partial charge in [0.05, 0.1) is 13.2 Å². The standard InChI is InChI=1S/C22H26N2O3/c25-22(16-27-21-9-6-18-2-1-3-19(18)14-21)23-20-7-4-17(5-8-20)15-24-10-12-26-13-11-24/h4-9,14H,1-3,10-13,15-16H2,(H,23,25)/p+1. The Labute approximate surface area is 160 Å². The van der Waals surface area contributed by atoms with E-state index >= 15 is 0 Å². The van der Waals surface area contributed by atoms with E-state index in [4.69, 9.17) is 9.47 Å². The van der Waals surface area contributed by atoms with E-state index in [1.54, 1.807) is 4.90 Å². The van der Waals surface area contributed by atoms with Crippen molar-refractivity contribution in [1.29, 1.82) is 0 Å². The Balaban J connectivity index is 1.25. The number of hydrogen-bond donors (Lipinski definition) is 2. The fourth-order valence-electron chi connectivity index (χ4n) is 3.82. The van der Waals surface area contributed by atoms with Crippen molar-refractivity contribution in [2.45, 2.75) is 25.8 Å². The molecule has 142 valence electrons. The van der Waals surface area contributed by atoms with Crippen molar-refractivity contribution in [3.05, 3.63) is 59.2 Å². The largest absolute Gasteiger partial charge is 0.484 e. The molecule has 0 saturated carbocycles. The predicted octanol–water partition coefficient (Wildman–Crippen LogP) is 1.61. The van der Waals surface area contributed by atoms with Crippen LogP contribution in [-0.2, 0) is 28.9 Å². The fourth-order valence-corrected chi connectivity index (χ4v) is 3.82. The molecule has 1 amide bonds. The number of hydrogen-bond acceptors (Lipinski definition) is 3. The molecule has 2 aromatic rings. The van der Waals surface area contributed by atoms with Crippen molar-refractivity contribution in [2.24, 2.45) is 0 Å². The van der Waals surface area contributed by atoms with Gasteiger partial charge in [-0.25, -0.2) is 0 Å². The molecule has 1 saturated heterocycles. The smallest absolute Gasteiger partial charge is 0.262 e. The number of rotatable bonds is 6. The number of morpholine rings is 1. The molecule has 0 atom stereocenters. The highest BCUT2D eigenvalue weighted by molar-refractivity contribution is 5.91. The van der Waals surface area contributed by atoms with Crippen molar-refractivity contribution in [2.75, 3.05) is 38.2 Å². The number of nitrogens with one attached hydrogen (secondary N) is 2. The van der Waals surface area contributed by atoms with Crippen LogP contribution in [0.25, 0.3) is 0 Å². The van der Waals surface area contributed by atoms with Gasteiger partial charge in [0.15, 0.2) is 6.61 Å². The van der Waals surface area contributed by atoms with Crippen LogP contribution in [0, 0.1) is 0 Å². The van der Waals surface area contributed by atoms with Crippen LogP contribution in [0.4, 0.5) is 5.69 Å². The molecule has 2 aliphatic rings. The van der Waals surface area contributed by atoms with E-state index in [9.17, 15) is 4.79 Å². The highest BCUT2D eigenvalue weighted by Crippen LogP contribution is 2.26. The third-order valence-electron chi connectivity index (χ3n) is 5.33. The predicted molar refractivity (Wildman–Crippen MR) is 104 cm³/mol. The number of ether oxygens (including phenoxy) is 2. The molecule has 2 aromatic carbocycles. The molecule has 27 heavy (non-hydrogen) atoms. The molecule has 0 bridgehead atoms. The first-order chi connectivity index (χ1) is 13.3. The minimum atomic E-state index is -0.137. The molecule has 2 N–H and O–H groups in total. The molecule has 0 radical (unpaired) electrons. The second-order valence-electron chi connectivity index (χ2n) is 7.36. The molecule has 1 aliphatic carbocycles.